The van der Waals surface area contributed by atoms with Crippen LogP contribution in [0.3, 0.4) is 0 Å². The fraction of sp³-hybridized carbons (Fsp3) is 0.789. The molecule has 3 aliphatic rings. The van der Waals surface area contributed by atoms with Crippen molar-refractivity contribution in [1.29, 1.82) is 0 Å². The first kappa shape index (κ1) is 31.7. The highest BCUT2D eigenvalue weighted by Gasteiger charge is 2.56. The molecule has 40 heavy (non-hydrogen) atoms. The summed E-state index contributed by atoms with van der Waals surface area (Å²) in [6.45, 7) is 14.3. The molecule has 3 unspecified atom stereocenters. The van der Waals surface area contributed by atoms with E-state index in [0.29, 0.717) is 29.4 Å². The van der Waals surface area contributed by atoms with Gasteiger partial charge in [0.2, 0.25) is 0 Å². The van der Waals surface area contributed by atoms with Gasteiger partial charge < -0.3 is 10.2 Å². The van der Waals surface area contributed by atoms with Crippen molar-refractivity contribution in [3.05, 3.63) is 41.0 Å². The first-order chi connectivity index (χ1) is 19.1. The molecule has 0 radical (unpaired) electrons. The number of aliphatic hydroxyl groups excluding tert-OH is 1. The van der Waals surface area contributed by atoms with E-state index < -0.39 is 0 Å². The summed E-state index contributed by atoms with van der Waals surface area (Å²) in [6.07, 6.45) is 21.4. The molecule has 0 heterocycles. The lowest BCUT2D eigenvalue weighted by Gasteiger charge is -2.53. The van der Waals surface area contributed by atoms with E-state index in [9.17, 15) is 10.2 Å². The van der Waals surface area contributed by atoms with Crippen molar-refractivity contribution >= 4 is 0 Å². The zero-order valence-corrected chi connectivity index (χ0v) is 26.9. The van der Waals surface area contributed by atoms with Crippen LogP contribution >= 0.6 is 0 Å². The highest BCUT2D eigenvalue weighted by atomic mass is 16.3. The van der Waals surface area contributed by atoms with Crippen LogP contribution in [0.1, 0.15) is 148 Å². The Hall–Kier alpha value is -1.28. The van der Waals surface area contributed by atoms with Crippen molar-refractivity contribution in [2.45, 2.75) is 150 Å². The molecular weight excluding hydrogens is 488 g/mol. The molecular formula is C38H62O2. The zero-order valence-electron chi connectivity index (χ0n) is 26.9. The van der Waals surface area contributed by atoms with Gasteiger partial charge in [0.05, 0.1) is 6.10 Å². The maximum atomic E-state index is 10.9. The number of aliphatic hydroxyl groups is 1. The molecule has 3 aliphatic carbocycles. The first-order valence-corrected chi connectivity index (χ1v) is 17.2. The number of hydrogen-bond acceptors (Lipinski definition) is 2. The molecule has 8 atom stereocenters. The molecule has 1 aromatic carbocycles. The third-order valence-corrected chi connectivity index (χ3v) is 11.7. The number of fused-ring (bicyclic) bond motifs is 5. The van der Waals surface area contributed by atoms with Gasteiger partial charge in [0.25, 0.3) is 0 Å². The highest BCUT2D eigenvalue weighted by Crippen LogP contribution is 2.62. The van der Waals surface area contributed by atoms with Crippen LogP contribution in [0.25, 0.3) is 0 Å². The number of rotatable bonds is 14. The largest absolute Gasteiger partial charge is 0.508 e. The van der Waals surface area contributed by atoms with Crippen molar-refractivity contribution in [2.75, 3.05) is 0 Å². The molecule has 0 bridgehead atoms. The van der Waals surface area contributed by atoms with Crippen LogP contribution in [0.5, 0.6) is 5.75 Å². The average molecular weight is 551 g/mol. The molecule has 2 fully saturated rings. The fourth-order valence-corrected chi connectivity index (χ4v) is 9.14. The SMILES string of the molecule is C/C(=C\C[C@@H]1Cc2cc(O)ccc2C2CC[C@@]3(C)C(CC[C@@H]3O)C21)CCC[C@H](C)CCC[C@H](C)CCCC(C)C. The Morgan fingerprint density at radius 2 is 1.62 bits per heavy atom. The van der Waals surface area contributed by atoms with Gasteiger partial charge in [-0.05, 0) is 128 Å². The van der Waals surface area contributed by atoms with Crippen LogP contribution in [0.4, 0.5) is 0 Å². The Morgan fingerprint density at radius 1 is 0.950 bits per heavy atom. The van der Waals surface area contributed by atoms with E-state index in [0.717, 1.165) is 43.4 Å². The molecule has 0 saturated heterocycles. The lowest BCUT2D eigenvalue weighted by Crippen LogP contribution is -2.47. The lowest BCUT2D eigenvalue weighted by molar-refractivity contribution is -0.0378. The second-order valence-corrected chi connectivity index (χ2v) is 15.4. The number of phenolic OH excluding ortho intramolecular Hbond substituents is 1. The summed E-state index contributed by atoms with van der Waals surface area (Å²) in [6, 6.07) is 6.15. The first-order valence-electron chi connectivity index (χ1n) is 17.2. The summed E-state index contributed by atoms with van der Waals surface area (Å²) < 4.78 is 0. The molecule has 0 aromatic heterocycles. The quantitative estimate of drug-likeness (QED) is 0.226. The van der Waals surface area contributed by atoms with E-state index in [4.69, 9.17) is 0 Å². The van der Waals surface area contributed by atoms with Gasteiger partial charge in [-0.2, -0.15) is 0 Å². The standard InChI is InChI=1S/C38H62O2/c1-26(2)10-7-11-27(3)12-8-13-28(4)14-9-15-29(5)16-17-30-24-31-25-32(39)18-19-33(31)34-22-23-38(6)35(37(30)34)20-21-36(38)40/h16,18-19,25-28,30,34-37,39-40H,7-15,17,20-24H2,1-6H3/b29-16+/t27-,28-,30-,34?,35?,36+,37?,38+/m1/s1. The van der Waals surface area contributed by atoms with E-state index in [1.807, 2.05) is 12.1 Å². The Labute approximate surface area is 247 Å². The number of hydrogen-bond donors (Lipinski definition) is 2. The topological polar surface area (TPSA) is 40.5 Å². The van der Waals surface area contributed by atoms with Crippen LogP contribution in [-0.4, -0.2) is 16.3 Å². The summed E-state index contributed by atoms with van der Waals surface area (Å²) in [7, 11) is 0. The van der Waals surface area contributed by atoms with Crippen molar-refractivity contribution in [3.8, 4) is 5.75 Å². The van der Waals surface area contributed by atoms with Gasteiger partial charge >= 0.3 is 0 Å². The maximum Gasteiger partial charge on any atom is 0.115 e. The van der Waals surface area contributed by atoms with Crippen LogP contribution in [0.15, 0.2) is 29.8 Å². The molecule has 0 spiro atoms. The fourth-order valence-electron chi connectivity index (χ4n) is 9.14. The Balaban J connectivity index is 1.27. The van der Waals surface area contributed by atoms with Gasteiger partial charge in [0.1, 0.15) is 5.75 Å². The second-order valence-electron chi connectivity index (χ2n) is 15.4. The minimum atomic E-state index is -0.132. The zero-order chi connectivity index (χ0) is 28.9. The Kier molecular flexibility index (Phi) is 11.3. The van der Waals surface area contributed by atoms with Crippen molar-refractivity contribution in [1.82, 2.24) is 0 Å². The highest BCUT2D eigenvalue weighted by molar-refractivity contribution is 5.41. The van der Waals surface area contributed by atoms with Crippen molar-refractivity contribution in [3.63, 3.8) is 0 Å². The van der Waals surface area contributed by atoms with Crippen molar-refractivity contribution < 1.29 is 10.2 Å². The Bertz CT molecular complexity index is 962. The second kappa shape index (κ2) is 14.3. The van der Waals surface area contributed by atoms with Crippen molar-refractivity contribution in [2.24, 2.45) is 40.9 Å². The van der Waals surface area contributed by atoms with E-state index in [1.54, 1.807) is 5.57 Å². The van der Waals surface area contributed by atoms with Gasteiger partial charge in [-0.25, -0.2) is 0 Å². The van der Waals surface area contributed by atoms with Gasteiger partial charge in [-0.3, -0.25) is 0 Å². The van der Waals surface area contributed by atoms with Crippen LogP contribution in [0, 0.1) is 40.9 Å². The molecule has 1 aromatic rings. The summed E-state index contributed by atoms with van der Waals surface area (Å²) >= 11 is 0. The predicted octanol–water partition coefficient (Wildman–Crippen LogP) is 10.6. The molecule has 0 aliphatic heterocycles. The van der Waals surface area contributed by atoms with Gasteiger partial charge in [0.15, 0.2) is 0 Å². The van der Waals surface area contributed by atoms with Crippen LogP contribution < -0.4 is 0 Å². The summed E-state index contributed by atoms with van der Waals surface area (Å²) in [5, 5.41) is 21.2. The third kappa shape index (κ3) is 7.76. The Morgan fingerprint density at radius 3 is 2.33 bits per heavy atom. The molecule has 226 valence electrons. The van der Waals surface area contributed by atoms with Gasteiger partial charge in [-0.1, -0.05) is 97.3 Å². The van der Waals surface area contributed by atoms with Crippen LogP contribution in [0.2, 0.25) is 0 Å². The van der Waals surface area contributed by atoms with Gasteiger partial charge in [0, 0.05) is 0 Å². The average Bonchev–Trinajstić information content (AvgIpc) is 3.20. The smallest absolute Gasteiger partial charge is 0.115 e. The third-order valence-electron chi connectivity index (χ3n) is 11.7. The lowest BCUT2D eigenvalue weighted by atomic mass is 9.52. The molecule has 2 heteroatoms. The van der Waals surface area contributed by atoms with E-state index in [1.165, 1.54) is 81.8 Å². The number of benzene rings is 1. The molecule has 2 nitrogen and oxygen atoms in total. The maximum absolute atomic E-state index is 10.9. The van der Waals surface area contributed by atoms with Gasteiger partial charge in [-0.15, -0.1) is 0 Å². The minimum absolute atomic E-state index is 0.0919. The summed E-state index contributed by atoms with van der Waals surface area (Å²) in [5.41, 5.74) is 4.52. The summed E-state index contributed by atoms with van der Waals surface area (Å²) in [5.74, 6) is 5.48. The number of phenols is 1. The molecule has 2 saturated carbocycles. The monoisotopic (exact) mass is 550 g/mol. The molecule has 4 rings (SSSR count). The molecule has 2 N–H and O–H groups in total. The van der Waals surface area contributed by atoms with E-state index in [2.05, 4.69) is 53.7 Å². The number of aromatic hydroxyl groups is 1. The van der Waals surface area contributed by atoms with E-state index >= 15 is 0 Å². The minimum Gasteiger partial charge on any atom is -0.508 e. The molecule has 0 amide bonds. The summed E-state index contributed by atoms with van der Waals surface area (Å²) in [4.78, 5) is 0. The normalized spacial score (nSPS) is 31.5. The predicted molar refractivity (Wildman–Crippen MR) is 171 cm³/mol. The van der Waals surface area contributed by atoms with E-state index in [-0.39, 0.29) is 11.5 Å². The van der Waals surface area contributed by atoms with Crippen LogP contribution in [-0.2, 0) is 6.42 Å². The number of allylic oxidation sites excluding steroid dienone is 2.